The molecule has 0 atom stereocenters. The van der Waals surface area contributed by atoms with Crippen molar-refractivity contribution in [3.8, 4) is 0 Å². The lowest BCUT2D eigenvalue weighted by atomic mass is 9.93. The summed E-state index contributed by atoms with van der Waals surface area (Å²) in [5.74, 6) is -0.884. The van der Waals surface area contributed by atoms with Crippen LogP contribution in [0.25, 0.3) is 11.6 Å². The van der Waals surface area contributed by atoms with Gasteiger partial charge in [0.1, 0.15) is 5.82 Å². The van der Waals surface area contributed by atoms with Gasteiger partial charge in [-0.15, -0.1) is 5.73 Å². The smallest absolute Gasteiger partial charge is 0.337 e. The molecule has 0 unspecified atom stereocenters. The summed E-state index contributed by atoms with van der Waals surface area (Å²) in [6.45, 7) is 0. The van der Waals surface area contributed by atoms with Crippen molar-refractivity contribution in [2.45, 2.75) is 0 Å². The molecule has 0 aliphatic heterocycles. The number of rotatable bonds is 2. The summed E-state index contributed by atoms with van der Waals surface area (Å²) in [5, 5.41) is 0.325. The zero-order chi connectivity index (χ0) is 16.4. The van der Waals surface area contributed by atoms with Gasteiger partial charge in [-0.2, -0.15) is 0 Å². The maximum Gasteiger partial charge on any atom is 0.337 e. The number of halogens is 2. The molecule has 0 radical (unpaired) electrons. The fraction of sp³-hybridized carbons (Fsp3) is 0.0526. The highest BCUT2D eigenvalue weighted by Gasteiger charge is 2.16. The van der Waals surface area contributed by atoms with Crippen molar-refractivity contribution in [2.75, 3.05) is 7.11 Å². The summed E-state index contributed by atoms with van der Waals surface area (Å²) in [5.41, 5.74) is 5.97. The molecule has 1 aliphatic carbocycles. The minimum absolute atomic E-state index is 0.325. The molecule has 0 aromatic heterocycles. The first-order valence-electron chi connectivity index (χ1n) is 6.91. The Labute approximate surface area is 138 Å². The SMILES string of the molecule is COC(=O)c1ccc2c(c1)C(c1ccc(Cl)cc1F)=C=CC=C2. The summed E-state index contributed by atoms with van der Waals surface area (Å²) in [6, 6.07) is 9.64. The van der Waals surface area contributed by atoms with Crippen molar-refractivity contribution >= 4 is 29.2 Å². The average Bonchev–Trinajstić information content (AvgIpc) is 2.76. The highest BCUT2D eigenvalue weighted by atomic mass is 35.5. The van der Waals surface area contributed by atoms with Crippen LogP contribution in [0.1, 0.15) is 27.0 Å². The molecule has 0 saturated heterocycles. The zero-order valence-electron chi connectivity index (χ0n) is 12.3. The molecular formula is C19H12ClFO2. The van der Waals surface area contributed by atoms with Gasteiger partial charge in [0.05, 0.1) is 12.7 Å². The number of carbonyl (C=O) groups is 1. The predicted octanol–water partition coefficient (Wildman–Crippen LogP) is 4.88. The fourth-order valence-electron chi connectivity index (χ4n) is 2.44. The lowest BCUT2D eigenvalue weighted by molar-refractivity contribution is 0.0600. The molecule has 0 heterocycles. The minimum atomic E-state index is -0.444. The van der Waals surface area contributed by atoms with Crippen LogP contribution in [-0.2, 0) is 4.74 Å². The summed E-state index contributed by atoms with van der Waals surface area (Å²) < 4.78 is 19.1. The van der Waals surface area contributed by atoms with Gasteiger partial charge >= 0.3 is 5.97 Å². The van der Waals surface area contributed by atoms with Gasteiger partial charge in [0.15, 0.2) is 0 Å². The largest absolute Gasteiger partial charge is 0.465 e. The highest BCUT2D eigenvalue weighted by molar-refractivity contribution is 6.30. The van der Waals surface area contributed by atoms with Crippen molar-refractivity contribution in [3.63, 3.8) is 0 Å². The van der Waals surface area contributed by atoms with Crippen molar-refractivity contribution < 1.29 is 13.9 Å². The van der Waals surface area contributed by atoms with Crippen LogP contribution in [0.15, 0.2) is 54.3 Å². The summed E-state index contributed by atoms with van der Waals surface area (Å²) in [7, 11) is 1.32. The third-order valence-electron chi connectivity index (χ3n) is 3.54. The van der Waals surface area contributed by atoms with Gasteiger partial charge in [-0.05, 0) is 47.5 Å². The van der Waals surface area contributed by atoms with E-state index < -0.39 is 11.8 Å². The number of fused-ring (bicyclic) bond motifs is 1. The number of allylic oxidation sites excluding steroid dienone is 2. The first-order chi connectivity index (χ1) is 11.1. The Balaban J connectivity index is 2.22. The Kier molecular flexibility index (Phi) is 4.16. The van der Waals surface area contributed by atoms with Crippen molar-refractivity contribution in [1.29, 1.82) is 0 Å². The molecule has 3 rings (SSSR count). The van der Waals surface area contributed by atoms with E-state index in [1.165, 1.54) is 13.2 Å². The van der Waals surface area contributed by atoms with E-state index in [1.54, 1.807) is 36.4 Å². The first kappa shape index (κ1) is 15.3. The molecule has 1 aliphatic rings. The zero-order valence-corrected chi connectivity index (χ0v) is 13.0. The van der Waals surface area contributed by atoms with Gasteiger partial charge < -0.3 is 4.74 Å². The van der Waals surface area contributed by atoms with E-state index in [9.17, 15) is 9.18 Å². The molecule has 0 amide bonds. The lowest BCUT2D eigenvalue weighted by Gasteiger charge is -2.11. The fourth-order valence-corrected chi connectivity index (χ4v) is 2.60. The normalized spacial score (nSPS) is 12.4. The van der Waals surface area contributed by atoms with Crippen LogP contribution in [-0.4, -0.2) is 13.1 Å². The average molecular weight is 327 g/mol. The Morgan fingerprint density at radius 3 is 2.74 bits per heavy atom. The quantitative estimate of drug-likeness (QED) is 0.581. The molecule has 0 saturated carbocycles. The number of benzene rings is 2. The monoisotopic (exact) mass is 326 g/mol. The van der Waals surface area contributed by atoms with Gasteiger partial charge in [0.25, 0.3) is 0 Å². The van der Waals surface area contributed by atoms with Gasteiger partial charge in [-0.3, -0.25) is 0 Å². The molecule has 4 heteroatoms. The van der Waals surface area contributed by atoms with Crippen LogP contribution < -0.4 is 0 Å². The van der Waals surface area contributed by atoms with Crippen molar-refractivity contribution in [1.82, 2.24) is 0 Å². The molecule has 0 fully saturated rings. The van der Waals surface area contributed by atoms with E-state index in [1.807, 2.05) is 12.2 Å². The number of esters is 1. The lowest BCUT2D eigenvalue weighted by Crippen LogP contribution is -2.03. The predicted molar refractivity (Wildman–Crippen MR) is 88.8 cm³/mol. The second kappa shape index (κ2) is 6.25. The number of ether oxygens (including phenoxy) is 1. The van der Waals surface area contributed by atoms with Crippen molar-refractivity contribution in [3.05, 3.63) is 87.4 Å². The molecule has 0 bridgehead atoms. The van der Waals surface area contributed by atoms with E-state index in [4.69, 9.17) is 16.3 Å². The van der Waals surface area contributed by atoms with Gasteiger partial charge in [0.2, 0.25) is 0 Å². The van der Waals surface area contributed by atoms with Crippen LogP contribution in [0, 0.1) is 5.82 Å². The molecule has 2 aromatic carbocycles. The highest BCUT2D eigenvalue weighted by Crippen LogP contribution is 2.31. The van der Waals surface area contributed by atoms with E-state index >= 15 is 0 Å². The Bertz CT molecular complexity index is 890. The van der Waals surface area contributed by atoms with Gasteiger partial charge in [0, 0.05) is 16.2 Å². The first-order valence-corrected chi connectivity index (χ1v) is 7.29. The Hall–Kier alpha value is -2.61. The summed E-state index contributed by atoms with van der Waals surface area (Å²) in [4.78, 5) is 11.8. The molecule has 114 valence electrons. The maximum atomic E-state index is 14.3. The van der Waals surface area contributed by atoms with E-state index in [2.05, 4.69) is 5.73 Å². The van der Waals surface area contributed by atoms with E-state index in [0.29, 0.717) is 27.3 Å². The van der Waals surface area contributed by atoms with Crippen LogP contribution in [0.3, 0.4) is 0 Å². The maximum absolute atomic E-state index is 14.3. The standard InChI is InChI=1S/C19H12ClFO2/c1-23-19(22)13-7-6-12-4-2-3-5-15(17(12)10-13)16-9-8-14(20)11-18(16)21/h2-4,6-11H,1H3. The van der Waals surface area contributed by atoms with Crippen LogP contribution >= 0.6 is 11.6 Å². The van der Waals surface area contributed by atoms with Crippen LogP contribution in [0.5, 0.6) is 0 Å². The number of hydrogen-bond acceptors (Lipinski definition) is 2. The second-order valence-electron chi connectivity index (χ2n) is 4.96. The third-order valence-corrected chi connectivity index (χ3v) is 3.78. The number of hydrogen-bond donors (Lipinski definition) is 0. The van der Waals surface area contributed by atoms with Crippen molar-refractivity contribution in [2.24, 2.45) is 0 Å². The molecule has 0 spiro atoms. The molecule has 0 N–H and O–H groups in total. The topological polar surface area (TPSA) is 26.3 Å². The molecular weight excluding hydrogens is 315 g/mol. The number of carbonyl (C=O) groups excluding carboxylic acids is 1. The van der Waals surface area contributed by atoms with Crippen LogP contribution in [0.2, 0.25) is 5.02 Å². The Morgan fingerprint density at radius 1 is 1.17 bits per heavy atom. The van der Waals surface area contributed by atoms with E-state index in [-0.39, 0.29) is 0 Å². The van der Waals surface area contributed by atoms with Crippen LogP contribution in [0.4, 0.5) is 4.39 Å². The second-order valence-corrected chi connectivity index (χ2v) is 5.40. The summed E-state index contributed by atoms with van der Waals surface area (Å²) >= 11 is 5.82. The third kappa shape index (κ3) is 2.98. The minimum Gasteiger partial charge on any atom is -0.465 e. The number of methoxy groups -OCH3 is 1. The molecule has 23 heavy (non-hydrogen) atoms. The van der Waals surface area contributed by atoms with E-state index in [0.717, 1.165) is 5.56 Å². The Morgan fingerprint density at radius 2 is 2.00 bits per heavy atom. The molecule has 2 nitrogen and oxygen atoms in total. The summed E-state index contributed by atoms with van der Waals surface area (Å²) in [6.07, 6.45) is 5.41. The van der Waals surface area contributed by atoms with Gasteiger partial charge in [-0.1, -0.05) is 29.8 Å². The van der Waals surface area contributed by atoms with Gasteiger partial charge in [-0.25, -0.2) is 9.18 Å². The molecule has 2 aromatic rings.